The average molecular weight is 266 g/mol. The number of carbonyl (C=O) groups excluding carboxylic acids is 1. The summed E-state index contributed by atoms with van der Waals surface area (Å²) in [6, 6.07) is 7.87. The molecule has 0 heterocycles. The van der Waals surface area contributed by atoms with Gasteiger partial charge in [-0.1, -0.05) is 49.6 Å². The van der Waals surface area contributed by atoms with Crippen LogP contribution in [0.2, 0.25) is 5.02 Å². The third kappa shape index (κ3) is 3.49. The third-order valence-corrected chi connectivity index (χ3v) is 4.14. The Morgan fingerprint density at radius 3 is 2.78 bits per heavy atom. The fraction of sp³-hybridized carbons (Fsp3) is 0.533. The van der Waals surface area contributed by atoms with Gasteiger partial charge < -0.3 is 5.32 Å². The van der Waals surface area contributed by atoms with Crippen molar-refractivity contribution in [2.45, 2.75) is 45.1 Å². The third-order valence-electron chi connectivity index (χ3n) is 3.77. The van der Waals surface area contributed by atoms with Gasteiger partial charge in [-0.2, -0.15) is 0 Å². The number of benzene rings is 1. The molecule has 2 nitrogen and oxygen atoms in total. The first-order chi connectivity index (χ1) is 8.66. The normalized spacial score (nSPS) is 23.7. The van der Waals surface area contributed by atoms with Crippen LogP contribution in [0.4, 0.5) is 0 Å². The summed E-state index contributed by atoms with van der Waals surface area (Å²) in [6.07, 6.45) is 5.22. The van der Waals surface area contributed by atoms with Crippen LogP contribution in [0.25, 0.3) is 0 Å². The van der Waals surface area contributed by atoms with E-state index in [2.05, 4.69) is 12.2 Å². The van der Waals surface area contributed by atoms with Crippen molar-refractivity contribution in [3.8, 4) is 0 Å². The van der Waals surface area contributed by atoms with E-state index in [1.54, 1.807) is 0 Å². The molecule has 3 heteroatoms. The second-order valence-corrected chi connectivity index (χ2v) is 5.61. The number of halogens is 1. The fourth-order valence-electron chi connectivity index (χ4n) is 2.60. The Morgan fingerprint density at radius 1 is 1.33 bits per heavy atom. The predicted molar refractivity (Wildman–Crippen MR) is 74.7 cm³/mol. The molecule has 1 aliphatic rings. The van der Waals surface area contributed by atoms with Gasteiger partial charge in [-0.15, -0.1) is 0 Å². The minimum Gasteiger partial charge on any atom is -0.353 e. The summed E-state index contributed by atoms with van der Waals surface area (Å²) in [5.74, 6) is 0.677. The van der Waals surface area contributed by atoms with E-state index in [9.17, 15) is 4.79 Å². The molecule has 0 aromatic heterocycles. The van der Waals surface area contributed by atoms with E-state index in [0.717, 1.165) is 12.0 Å². The van der Waals surface area contributed by atoms with Gasteiger partial charge in [0.15, 0.2) is 0 Å². The van der Waals surface area contributed by atoms with E-state index in [1.807, 2.05) is 24.3 Å². The van der Waals surface area contributed by atoms with Crippen LogP contribution in [-0.2, 0) is 11.2 Å². The molecule has 1 aromatic carbocycles. The highest BCUT2D eigenvalue weighted by Crippen LogP contribution is 2.24. The van der Waals surface area contributed by atoms with Crippen LogP contribution in [0, 0.1) is 5.92 Å². The standard InChI is InChI=1S/C15H20ClNO/c1-11-6-2-5-9-14(11)17-15(18)10-12-7-3-4-8-13(12)16/h3-4,7-8,11,14H,2,5-6,9-10H2,1H3,(H,17,18). The van der Waals surface area contributed by atoms with Gasteiger partial charge in [-0.05, 0) is 30.4 Å². The smallest absolute Gasteiger partial charge is 0.224 e. The second kappa shape index (κ2) is 6.24. The van der Waals surface area contributed by atoms with E-state index in [4.69, 9.17) is 11.6 Å². The summed E-state index contributed by atoms with van der Waals surface area (Å²) >= 11 is 6.06. The summed E-state index contributed by atoms with van der Waals surface area (Å²) in [6.45, 7) is 2.22. The van der Waals surface area contributed by atoms with Gasteiger partial charge in [0.2, 0.25) is 5.91 Å². The molecule has 0 saturated heterocycles. The number of rotatable bonds is 3. The van der Waals surface area contributed by atoms with Gasteiger partial charge in [-0.25, -0.2) is 0 Å². The van der Waals surface area contributed by atoms with Crippen molar-refractivity contribution in [2.75, 3.05) is 0 Å². The molecular formula is C15H20ClNO. The summed E-state index contributed by atoms with van der Waals surface area (Å²) in [5, 5.41) is 3.82. The second-order valence-electron chi connectivity index (χ2n) is 5.20. The maximum atomic E-state index is 12.0. The molecule has 0 aliphatic heterocycles. The van der Waals surface area contributed by atoms with Crippen molar-refractivity contribution >= 4 is 17.5 Å². The molecule has 0 bridgehead atoms. The Morgan fingerprint density at radius 2 is 2.06 bits per heavy atom. The molecule has 2 rings (SSSR count). The van der Waals surface area contributed by atoms with Crippen LogP contribution in [0.1, 0.15) is 38.2 Å². The monoisotopic (exact) mass is 265 g/mol. The quantitative estimate of drug-likeness (QED) is 0.889. The fourth-order valence-corrected chi connectivity index (χ4v) is 2.81. The summed E-state index contributed by atoms with van der Waals surface area (Å²) in [5.41, 5.74) is 0.903. The van der Waals surface area contributed by atoms with E-state index in [1.165, 1.54) is 19.3 Å². The lowest BCUT2D eigenvalue weighted by Crippen LogP contribution is -2.41. The highest BCUT2D eigenvalue weighted by molar-refractivity contribution is 6.31. The van der Waals surface area contributed by atoms with E-state index >= 15 is 0 Å². The SMILES string of the molecule is CC1CCCCC1NC(=O)Cc1ccccc1Cl. The van der Waals surface area contributed by atoms with Crippen molar-refractivity contribution < 1.29 is 4.79 Å². The maximum absolute atomic E-state index is 12.0. The number of hydrogen-bond acceptors (Lipinski definition) is 1. The number of carbonyl (C=O) groups is 1. The molecular weight excluding hydrogens is 246 g/mol. The van der Waals surface area contributed by atoms with Crippen LogP contribution < -0.4 is 5.32 Å². The van der Waals surface area contributed by atoms with Gasteiger partial charge in [-0.3, -0.25) is 4.79 Å². The van der Waals surface area contributed by atoms with Gasteiger partial charge in [0.25, 0.3) is 0 Å². The molecule has 2 unspecified atom stereocenters. The highest BCUT2D eigenvalue weighted by atomic mass is 35.5. The molecule has 1 fully saturated rings. The Labute approximate surface area is 114 Å². The topological polar surface area (TPSA) is 29.1 Å². The van der Waals surface area contributed by atoms with Crippen molar-refractivity contribution in [1.29, 1.82) is 0 Å². The van der Waals surface area contributed by atoms with E-state index in [-0.39, 0.29) is 5.91 Å². The molecule has 1 aliphatic carbocycles. The predicted octanol–water partition coefficient (Wildman–Crippen LogP) is 3.58. The lowest BCUT2D eigenvalue weighted by molar-refractivity contribution is -0.121. The van der Waals surface area contributed by atoms with Crippen LogP contribution in [-0.4, -0.2) is 11.9 Å². The summed E-state index contributed by atoms with van der Waals surface area (Å²) < 4.78 is 0. The Bertz CT molecular complexity index is 419. The van der Waals surface area contributed by atoms with Crippen LogP contribution in [0.3, 0.4) is 0 Å². The lowest BCUT2D eigenvalue weighted by atomic mass is 9.86. The Kier molecular flexibility index (Phi) is 4.65. The largest absolute Gasteiger partial charge is 0.353 e. The Hall–Kier alpha value is -1.02. The number of hydrogen-bond donors (Lipinski definition) is 1. The molecule has 1 amide bonds. The molecule has 2 atom stereocenters. The summed E-state index contributed by atoms with van der Waals surface area (Å²) in [7, 11) is 0. The van der Waals surface area contributed by atoms with Gasteiger partial charge in [0.05, 0.1) is 6.42 Å². The minimum absolute atomic E-state index is 0.0850. The van der Waals surface area contributed by atoms with E-state index in [0.29, 0.717) is 23.4 Å². The van der Waals surface area contributed by atoms with E-state index < -0.39 is 0 Å². The van der Waals surface area contributed by atoms with Gasteiger partial charge in [0, 0.05) is 11.1 Å². The maximum Gasteiger partial charge on any atom is 0.224 e. The highest BCUT2D eigenvalue weighted by Gasteiger charge is 2.22. The van der Waals surface area contributed by atoms with Crippen molar-refractivity contribution in [3.05, 3.63) is 34.9 Å². The minimum atomic E-state index is 0.0850. The molecule has 1 saturated carbocycles. The van der Waals surface area contributed by atoms with Crippen LogP contribution in [0.15, 0.2) is 24.3 Å². The van der Waals surface area contributed by atoms with Gasteiger partial charge in [0.1, 0.15) is 0 Å². The van der Waals surface area contributed by atoms with Crippen LogP contribution >= 0.6 is 11.6 Å². The zero-order valence-corrected chi connectivity index (χ0v) is 11.5. The first kappa shape index (κ1) is 13.4. The first-order valence-electron chi connectivity index (χ1n) is 6.69. The Balaban J connectivity index is 1.90. The van der Waals surface area contributed by atoms with Crippen molar-refractivity contribution in [1.82, 2.24) is 5.32 Å². The van der Waals surface area contributed by atoms with Crippen LogP contribution in [0.5, 0.6) is 0 Å². The summed E-state index contributed by atoms with van der Waals surface area (Å²) in [4.78, 5) is 12.0. The van der Waals surface area contributed by atoms with Gasteiger partial charge >= 0.3 is 0 Å². The molecule has 98 valence electrons. The first-order valence-corrected chi connectivity index (χ1v) is 7.07. The van der Waals surface area contributed by atoms with Crippen molar-refractivity contribution in [2.24, 2.45) is 5.92 Å². The molecule has 18 heavy (non-hydrogen) atoms. The lowest BCUT2D eigenvalue weighted by Gasteiger charge is -2.29. The zero-order chi connectivity index (χ0) is 13.0. The molecule has 0 radical (unpaired) electrons. The zero-order valence-electron chi connectivity index (χ0n) is 10.8. The average Bonchev–Trinajstić information content (AvgIpc) is 2.35. The molecule has 0 spiro atoms. The number of amides is 1. The van der Waals surface area contributed by atoms with Crippen molar-refractivity contribution in [3.63, 3.8) is 0 Å². The molecule has 1 aromatic rings. The number of nitrogens with one attached hydrogen (secondary N) is 1. The molecule has 1 N–H and O–H groups in total.